The molecular formula is C14H13N3O3S. The van der Waals surface area contributed by atoms with Crippen LogP contribution in [0.4, 0.5) is 11.4 Å². The quantitative estimate of drug-likeness (QED) is 0.904. The van der Waals surface area contributed by atoms with E-state index in [1.807, 2.05) is 0 Å². The van der Waals surface area contributed by atoms with Gasteiger partial charge in [0.2, 0.25) is 5.91 Å². The number of aromatic nitrogens is 1. The Labute approximate surface area is 122 Å². The number of amides is 1. The van der Waals surface area contributed by atoms with Crippen molar-refractivity contribution in [1.29, 1.82) is 0 Å². The number of anilines is 2. The number of carbonyl (C=O) groups is 1. The Morgan fingerprint density at radius 3 is 2.81 bits per heavy atom. The van der Waals surface area contributed by atoms with E-state index in [1.165, 1.54) is 18.5 Å². The van der Waals surface area contributed by atoms with Crippen LogP contribution in [0.15, 0.2) is 47.6 Å². The fraction of sp³-hybridized carbons (Fsp3) is 0.143. The minimum absolute atomic E-state index is 0.0220. The third kappa shape index (κ3) is 2.87. The van der Waals surface area contributed by atoms with Crippen LogP contribution in [0.25, 0.3) is 0 Å². The van der Waals surface area contributed by atoms with Gasteiger partial charge in [-0.25, -0.2) is 8.42 Å². The smallest absolute Gasteiger partial charge is 0.263 e. The van der Waals surface area contributed by atoms with Crippen LogP contribution in [0, 0.1) is 0 Å². The zero-order valence-electron chi connectivity index (χ0n) is 11.0. The molecule has 1 aromatic carbocycles. The molecule has 6 nitrogen and oxygen atoms in total. The predicted octanol–water partition coefficient (Wildman–Crippen LogP) is 1.77. The van der Waals surface area contributed by atoms with Gasteiger partial charge in [-0.3, -0.25) is 14.5 Å². The molecule has 2 N–H and O–H groups in total. The fourth-order valence-corrected chi connectivity index (χ4v) is 3.18. The van der Waals surface area contributed by atoms with Crippen molar-refractivity contribution in [3.05, 3.63) is 48.3 Å². The van der Waals surface area contributed by atoms with Crippen LogP contribution in [0.5, 0.6) is 0 Å². The topological polar surface area (TPSA) is 88.2 Å². The number of pyridine rings is 1. The van der Waals surface area contributed by atoms with Gasteiger partial charge in [0.1, 0.15) is 4.90 Å². The lowest BCUT2D eigenvalue weighted by Crippen LogP contribution is -2.19. The lowest BCUT2D eigenvalue weighted by Gasteiger charge is -2.18. The molecule has 0 bridgehead atoms. The van der Waals surface area contributed by atoms with Gasteiger partial charge < -0.3 is 5.32 Å². The molecule has 108 valence electrons. The maximum Gasteiger partial charge on any atom is 0.263 e. The van der Waals surface area contributed by atoms with Gasteiger partial charge in [0.25, 0.3) is 10.0 Å². The molecular weight excluding hydrogens is 290 g/mol. The summed E-state index contributed by atoms with van der Waals surface area (Å²) in [7, 11) is -3.65. The van der Waals surface area contributed by atoms with Crippen molar-refractivity contribution in [2.24, 2.45) is 0 Å². The third-order valence-corrected chi connectivity index (χ3v) is 4.56. The third-order valence-electron chi connectivity index (χ3n) is 3.20. The van der Waals surface area contributed by atoms with Crippen LogP contribution in [-0.4, -0.2) is 19.3 Å². The number of fused-ring (bicyclic) bond motifs is 1. The Kier molecular flexibility index (Phi) is 3.34. The SMILES string of the molecule is O=C1CCc2cc(NS(=O)(=O)c3cccnc3)ccc2N1. The van der Waals surface area contributed by atoms with Gasteiger partial charge >= 0.3 is 0 Å². The minimum atomic E-state index is -3.65. The highest BCUT2D eigenvalue weighted by Crippen LogP contribution is 2.26. The van der Waals surface area contributed by atoms with Crippen LogP contribution in [-0.2, 0) is 21.2 Å². The number of rotatable bonds is 3. The summed E-state index contributed by atoms with van der Waals surface area (Å²) in [4.78, 5) is 15.2. The number of hydrogen-bond donors (Lipinski definition) is 2. The highest BCUT2D eigenvalue weighted by Gasteiger charge is 2.18. The molecule has 0 saturated carbocycles. The highest BCUT2D eigenvalue weighted by molar-refractivity contribution is 7.92. The van der Waals surface area contributed by atoms with Crippen molar-refractivity contribution in [2.45, 2.75) is 17.7 Å². The maximum atomic E-state index is 12.2. The number of aryl methyl sites for hydroxylation is 1. The molecule has 0 saturated heterocycles. The van der Waals surface area contributed by atoms with E-state index in [-0.39, 0.29) is 10.8 Å². The van der Waals surface area contributed by atoms with Crippen molar-refractivity contribution < 1.29 is 13.2 Å². The summed E-state index contributed by atoms with van der Waals surface area (Å²) in [6, 6.07) is 8.11. The van der Waals surface area contributed by atoms with Crippen molar-refractivity contribution in [1.82, 2.24) is 4.98 Å². The molecule has 1 amide bonds. The standard InChI is InChI=1S/C14H13N3O3S/c18-14-6-3-10-8-11(4-5-13(10)16-14)17-21(19,20)12-2-1-7-15-9-12/h1-2,4-5,7-9,17H,3,6H2,(H,16,18). The zero-order chi connectivity index (χ0) is 14.9. The first-order valence-electron chi connectivity index (χ1n) is 6.40. The first kappa shape index (κ1) is 13.6. The summed E-state index contributed by atoms with van der Waals surface area (Å²) in [5, 5.41) is 2.76. The second-order valence-corrected chi connectivity index (χ2v) is 6.40. The Morgan fingerprint density at radius 2 is 2.05 bits per heavy atom. The van der Waals surface area contributed by atoms with Gasteiger partial charge in [-0.1, -0.05) is 0 Å². The van der Waals surface area contributed by atoms with E-state index < -0.39 is 10.0 Å². The van der Waals surface area contributed by atoms with Crippen molar-refractivity contribution >= 4 is 27.3 Å². The average molecular weight is 303 g/mol. The van der Waals surface area contributed by atoms with Crippen LogP contribution in [0.2, 0.25) is 0 Å². The number of hydrogen-bond acceptors (Lipinski definition) is 4. The second kappa shape index (κ2) is 5.17. The molecule has 0 aliphatic carbocycles. The molecule has 0 atom stereocenters. The van der Waals surface area contributed by atoms with Crippen LogP contribution in [0.1, 0.15) is 12.0 Å². The molecule has 7 heteroatoms. The summed E-state index contributed by atoms with van der Waals surface area (Å²) >= 11 is 0. The maximum absolute atomic E-state index is 12.2. The molecule has 0 spiro atoms. The zero-order valence-corrected chi connectivity index (χ0v) is 11.9. The van der Waals surface area contributed by atoms with Gasteiger partial charge in [0, 0.05) is 30.2 Å². The normalized spacial score (nSPS) is 14.2. The van der Waals surface area contributed by atoms with E-state index in [0.717, 1.165) is 11.3 Å². The Bertz CT molecular complexity index is 788. The molecule has 3 rings (SSSR count). The van der Waals surface area contributed by atoms with Gasteiger partial charge in [-0.05, 0) is 42.3 Å². The van der Waals surface area contributed by atoms with Gasteiger partial charge in [-0.2, -0.15) is 0 Å². The molecule has 0 radical (unpaired) electrons. The highest BCUT2D eigenvalue weighted by atomic mass is 32.2. The van der Waals surface area contributed by atoms with Crippen molar-refractivity contribution in [3.8, 4) is 0 Å². The van der Waals surface area contributed by atoms with E-state index in [9.17, 15) is 13.2 Å². The first-order chi connectivity index (χ1) is 10.0. The Morgan fingerprint density at radius 1 is 1.19 bits per heavy atom. The average Bonchev–Trinajstić information content (AvgIpc) is 2.48. The lowest BCUT2D eigenvalue weighted by atomic mass is 10.0. The largest absolute Gasteiger partial charge is 0.326 e. The van der Waals surface area contributed by atoms with Crippen LogP contribution < -0.4 is 10.0 Å². The summed E-state index contributed by atoms with van der Waals surface area (Å²) in [5.74, 6) is -0.0220. The fourth-order valence-electron chi connectivity index (χ4n) is 2.17. The van der Waals surface area contributed by atoms with Crippen LogP contribution in [0.3, 0.4) is 0 Å². The van der Waals surface area contributed by atoms with Gasteiger partial charge in [-0.15, -0.1) is 0 Å². The number of nitrogens with zero attached hydrogens (tertiary/aromatic N) is 1. The van der Waals surface area contributed by atoms with E-state index in [1.54, 1.807) is 24.3 Å². The molecule has 1 aliphatic rings. The Hall–Kier alpha value is -2.41. The van der Waals surface area contributed by atoms with E-state index in [4.69, 9.17) is 0 Å². The predicted molar refractivity (Wildman–Crippen MR) is 78.4 cm³/mol. The first-order valence-corrected chi connectivity index (χ1v) is 7.88. The minimum Gasteiger partial charge on any atom is -0.326 e. The van der Waals surface area contributed by atoms with Crippen molar-refractivity contribution in [2.75, 3.05) is 10.0 Å². The van der Waals surface area contributed by atoms with E-state index >= 15 is 0 Å². The lowest BCUT2D eigenvalue weighted by molar-refractivity contribution is -0.116. The monoisotopic (exact) mass is 303 g/mol. The summed E-state index contributed by atoms with van der Waals surface area (Å²) in [5.41, 5.74) is 2.12. The molecule has 1 aliphatic heterocycles. The number of sulfonamides is 1. The Balaban J connectivity index is 1.88. The molecule has 2 aromatic rings. The summed E-state index contributed by atoms with van der Waals surface area (Å²) in [6.07, 6.45) is 3.82. The number of carbonyl (C=O) groups excluding carboxylic acids is 1. The van der Waals surface area contributed by atoms with Gasteiger partial charge in [0.15, 0.2) is 0 Å². The molecule has 0 unspecified atom stereocenters. The molecule has 1 aromatic heterocycles. The molecule has 21 heavy (non-hydrogen) atoms. The number of benzene rings is 1. The summed E-state index contributed by atoms with van der Waals surface area (Å²) in [6.45, 7) is 0. The van der Waals surface area contributed by atoms with Gasteiger partial charge in [0.05, 0.1) is 0 Å². The molecule has 0 fully saturated rings. The number of nitrogens with one attached hydrogen (secondary N) is 2. The van der Waals surface area contributed by atoms with E-state index in [0.29, 0.717) is 18.5 Å². The summed E-state index contributed by atoms with van der Waals surface area (Å²) < 4.78 is 26.9. The van der Waals surface area contributed by atoms with Crippen LogP contribution >= 0.6 is 0 Å². The molecule has 2 heterocycles. The van der Waals surface area contributed by atoms with E-state index in [2.05, 4.69) is 15.0 Å². The van der Waals surface area contributed by atoms with Crippen molar-refractivity contribution in [3.63, 3.8) is 0 Å². The second-order valence-electron chi connectivity index (χ2n) is 4.71.